The number of rotatable bonds is 52. The van der Waals surface area contributed by atoms with Gasteiger partial charge in [0.15, 0.2) is 12.1 Å². The van der Waals surface area contributed by atoms with Gasteiger partial charge in [-0.25, -0.2) is 4.79 Å². The molecular weight excluding hydrogens is 859 g/mol. The fourth-order valence-corrected chi connectivity index (χ4v) is 8.53. The molecule has 0 aromatic rings. The van der Waals surface area contributed by atoms with Crippen LogP contribution in [-0.2, 0) is 28.6 Å². The number of esters is 2. The summed E-state index contributed by atoms with van der Waals surface area (Å²) in [5, 5.41) is 9.68. The second-order valence-electron chi connectivity index (χ2n) is 20.5. The van der Waals surface area contributed by atoms with Crippen molar-refractivity contribution in [3.8, 4) is 0 Å². The van der Waals surface area contributed by atoms with Crippen LogP contribution in [0, 0.1) is 0 Å². The molecular formula is C61H110NO7+. The van der Waals surface area contributed by atoms with E-state index in [1.165, 1.54) is 141 Å². The number of likely N-dealkylation sites (N-methyl/N-ethyl adjacent to an activating group) is 1. The summed E-state index contributed by atoms with van der Waals surface area (Å²) in [6, 6.07) is -0.619. The summed E-state index contributed by atoms with van der Waals surface area (Å²) in [7, 11) is 5.54. The Labute approximate surface area is 426 Å². The molecule has 400 valence electrons. The van der Waals surface area contributed by atoms with Crippen LogP contribution in [0.3, 0.4) is 0 Å². The van der Waals surface area contributed by atoms with Crippen molar-refractivity contribution >= 4 is 17.9 Å². The van der Waals surface area contributed by atoms with E-state index in [0.717, 1.165) is 83.5 Å². The van der Waals surface area contributed by atoms with Crippen molar-refractivity contribution in [2.24, 2.45) is 0 Å². The van der Waals surface area contributed by atoms with E-state index in [-0.39, 0.29) is 36.2 Å². The molecule has 0 saturated carbocycles. The van der Waals surface area contributed by atoms with Gasteiger partial charge in [0.05, 0.1) is 34.4 Å². The normalized spacial score (nSPS) is 13.2. The van der Waals surface area contributed by atoms with Crippen LogP contribution in [0.25, 0.3) is 0 Å². The van der Waals surface area contributed by atoms with Crippen LogP contribution in [-0.4, -0.2) is 80.6 Å². The van der Waals surface area contributed by atoms with E-state index >= 15 is 0 Å². The van der Waals surface area contributed by atoms with E-state index in [9.17, 15) is 19.5 Å². The van der Waals surface area contributed by atoms with Crippen molar-refractivity contribution in [3.05, 3.63) is 60.8 Å². The van der Waals surface area contributed by atoms with Crippen molar-refractivity contribution < 1.29 is 38.2 Å². The topological polar surface area (TPSA) is 99.1 Å². The maximum absolute atomic E-state index is 12.8. The highest BCUT2D eigenvalue weighted by atomic mass is 16.6. The molecule has 1 N–H and O–H groups in total. The first-order valence-corrected chi connectivity index (χ1v) is 28.8. The predicted octanol–water partition coefficient (Wildman–Crippen LogP) is 17.3. The number of unbranched alkanes of at least 4 members (excludes halogenated alkanes) is 28. The van der Waals surface area contributed by atoms with Gasteiger partial charge in [0.2, 0.25) is 0 Å². The van der Waals surface area contributed by atoms with E-state index < -0.39 is 18.1 Å². The number of hydrogen-bond acceptors (Lipinski definition) is 6. The third-order valence-corrected chi connectivity index (χ3v) is 12.9. The first-order chi connectivity index (χ1) is 33.6. The number of carboxylic acids is 1. The monoisotopic (exact) mass is 969 g/mol. The second kappa shape index (κ2) is 51.4. The summed E-state index contributed by atoms with van der Waals surface area (Å²) in [6.07, 6.45) is 65.7. The Morgan fingerprint density at radius 2 is 0.812 bits per heavy atom. The molecule has 0 aliphatic heterocycles. The first-order valence-electron chi connectivity index (χ1n) is 28.8. The summed E-state index contributed by atoms with van der Waals surface area (Å²) >= 11 is 0. The van der Waals surface area contributed by atoms with Gasteiger partial charge in [0.25, 0.3) is 0 Å². The summed E-state index contributed by atoms with van der Waals surface area (Å²) in [6.45, 7) is 4.65. The molecule has 0 bridgehead atoms. The molecule has 0 aliphatic carbocycles. The molecule has 2 unspecified atom stereocenters. The van der Waals surface area contributed by atoms with Gasteiger partial charge in [-0.05, 0) is 57.8 Å². The molecule has 8 nitrogen and oxygen atoms in total. The molecule has 8 heteroatoms. The van der Waals surface area contributed by atoms with Gasteiger partial charge in [-0.2, -0.15) is 0 Å². The maximum atomic E-state index is 12.8. The quantitative estimate of drug-likeness (QED) is 0.0280. The van der Waals surface area contributed by atoms with Crippen LogP contribution in [0.4, 0.5) is 0 Å². The lowest BCUT2D eigenvalue weighted by Crippen LogP contribution is -2.50. The van der Waals surface area contributed by atoms with Crippen LogP contribution in [0.15, 0.2) is 60.8 Å². The maximum Gasteiger partial charge on any atom is 0.362 e. The lowest BCUT2D eigenvalue weighted by molar-refractivity contribution is -0.887. The fourth-order valence-electron chi connectivity index (χ4n) is 8.53. The smallest absolute Gasteiger partial charge is 0.362 e. The van der Waals surface area contributed by atoms with Crippen molar-refractivity contribution in [1.29, 1.82) is 0 Å². The molecule has 0 radical (unpaired) electrons. The lowest BCUT2D eigenvalue weighted by Gasteiger charge is -2.31. The molecule has 0 aliphatic rings. The summed E-state index contributed by atoms with van der Waals surface area (Å²) in [5.41, 5.74) is 0. The minimum Gasteiger partial charge on any atom is -0.477 e. The number of carbonyl (C=O) groups is 3. The average molecular weight is 970 g/mol. The molecule has 0 amide bonds. The molecule has 0 aromatic carbocycles. The average Bonchev–Trinajstić information content (AvgIpc) is 3.31. The standard InChI is InChI=1S/C61H109NO7/c1-6-8-10-12-14-16-18-20-22-24-26-28-30-32-34-36-38-40-42-44-46-48-50-52-60(64)69-57(55-67-54-53-58(61(65)66)62(3,4)5)56-68-59(63)51-49-47-45-43-41-39-37-35-33-31-29-27-25-23-21-19-17-15-13-11-9-7-2/h8,10,14,16,20,22,26,28,32,34,57-58H,6-7,9,11-13,15,17-19,21,23-25,27,29-31,33,35-56H2,1-5H3/p+1/b10-8+,16-14+,22-20+,28-26+,34-32+. The van der Waals surface area contributed by atoms with Gasteiger partial charge in [0, 0.05) is 19.3 Å². The molecule has 69 heavy (non-hydrogen) atoms. The molecule has 0 rings (SSSR count). The van der Waals surface area contributed by atoms with Crippen molar-refractivity contribution in [2.45, 2.75) is 270 Å². The van der Waals surface area contributed by atoms with Gasteiger partial charge in [-0.3, -0.25) is 9.59 Å². The largest absolute Gasteiger partial charge is 0.477 e. The Bertz CT molecular complexity index is 1310. The Hall–Kier alpha value is -2.97. The zero-order chi connectivity index (χ0) is 50.6. The van der Waals surface area contributed by atoms with Crippen LogP contribution in [0.1, 0.15) is 258 Å². The Kier molecular flexibility index (Phi) is 49.2. The van der Waals surface area contributed by atoms with E-state index in [0.29, 0.717) is 19.3 Å². The van der Waals surface area contributed by atoms with Crippen LogP contribution in [0.2, 0.25) is 0 Å². The second-order valence-corrected chi connectivity index (χ2v) is 20.5. The highest BCUT2D eigenvalue weighted by molar-refractivity contribution is 5.72. The minimum atomic E-state index is -0.875. The number of hydrogen-bond donors (Lipinski definition) is 1. The third kappa shape index (κ3) is 49.8. The van der Waals surface area contributed by atoms with E-state index in [2.05, 4.69) is 74.6 Å². The van der Waals surface area contributed by atoms with E-state index in [1.807, 2.05) is 21.1 Å². The number of carboxylic acid groups (broad SMARTS) is 1. The third-order valence-electron chi connectivity index (χ3n) is 12.9. The summed E-state index contributed by atoms with van der Waals surface area (Å²) < 4.78 is 17.4. The van der Waals surface area contributed by atoms with Crippen LogP contribution >= 0.6 is 0 Å². The van der Waals surface area contributed by atoms with Crippen LogP contribution in [0.5, 0.6) is 0 Å². The van der Waals surface area contributed by atoms with Crippen molar-refractivity contribution in [3.63, 3.8) is 0 Å². The first kappa shape index (κ1) is 66.0. The fraction of sp³-hybridized carbons (Fsp3) is 0.787. The zero-order valence-corrected chi connectivity index (χ0v) is 45.8. The lowest BCUT2D eigenvalue weighted by atomic mass is 10.0. The summed E-state index contributed by atoms with van der Waals surface area (Å²) in [4.78, 5) is 37.3. The van der Waals surface area contributed by atoms with Gasteiger partial charge in [-0.15, -0.1) is 0 Å². The van der Waals surface area contributed by atoms with Gasteiger partial charge in [0.1, 0.15) is 6.61 Å². The Balaban J connectivity index is 4.18. The Morgan fingerprint density at radius 1 is 0.449 bits per heavy atom. The number of carbonyl (C=O) groups excluding carboxylic acids is 2. The highest BCUT2D eigenvalue weighted by Gasteiger charge is 2.31. The highest BCUT2D eigenvalue weighted by Crippen LogP contribution is 2.17. The number of quaternary nitrogens is 1. The number of nitrogens with zero attached hydrogens (tertiary/aromatic N) is 1. The number of aliphatic carboxylic acids is 1. The van der Waals surface area contributed by atoms with Crippen LogP contribution < -0.4 is 0 Å². The summed E-state index contributed by atoms with van der Waals surface area (Å²) in [5.74, 6) is -1.47. The molecule has 0 fully saturated rings. The predicted molar refractivity (Wildman–Crippen MR) is 294 cm³/mol. The molecule has 0 aromatic heterocycles. The van der Waals surface area contributed by atoms with E-state index in [1.54, 1.807) is 0 Å². The molecule has 2 atom stereocenters. The van der Waals surface area contributed by atoms with Gasteiger partial charge >= 0.3 is 17.9 Å². The molecule has 0 spiro atoms. The SMILES string of the molecule is CC/C=C/C/C=C/C/C=C/C/C=C/C/C=C/CCCCCCCCCC(=O)OC(COCCC(C(=O)O)[N+](C)(C)C)COC(=O)CCCCCCCCCCCCCCCCCCCCCCCC. The van der Waals surface area contributed by atoms with Gasteiger partial charge < -0.3 is 23.8 Å². The molecule has 0 saturated heterocycles. The Morgan fingerprint density at radius 3 is 1.20 bits per heavy atom. The van der Waals surface area contributed by atoms with Crippen molar-refractivity contribution in [2.75, 3.05) is 41.0 Å². The minimum absolute atomic E-state index is 0.0544. The van der Waals surface area contributed by atoms with Gasteiger partial charge in [-0.1, -0.05) is 242 Å². The number of allylic oxidation sites excluding steroid dienone is 10. The van der Waals surface area contributed by atoms with Crippen molar-refractivity contribution in [1.82, 2.24) is 0 Å². The number of ether oxygens (including phenoxy) is 3. The van der Waals surface area contributed by atoms with E-state index in [4.69, 9.17) is 14.2 Å². The zero-order valence-electron chi connectivity index (χ0n) is 45.8. The molecule has 0 heterocycles.